The Balaban J connectivity index is 1.75. The fourth-order valence-electron chi connectivity index (χ4n) is 4.05. The van der Waals surface area contributed by atoms with Gasteiger partial charge in [-0.25, -0.2) is 9.49 Å². The van der Waals surface area contributed by atoms with Gasteiger partial charge in [0.05, 0.1) is 39.7 Å². The molecule has 0 radical (unpaired) electrons. The van der Waals surface area contributed by atoms with Crippen molar-refractivity contribution in [2.24, 2.45) is 12.8 Å². The van der Waals surface area contributed by atoms with Crippen molar-refractivity contribution in [3.8, 4) is 34.2 Å². The Hall–Kier alpha value is -3.74. The van der Waals surface area contributed by atoms with Crippen molar-refractivity contribution >= 4 is 22.4 Å². The lowest BCUT2D eigenvalue weighted by molar-refractivity contribution is 0.302. The van der Waals surface area contributed by atoms with Crippen molar-refractivity contribution in [1.82, 2.24) is 20.0 Å². The first kappa shape index (κ1) is 22.1. The van der Waals surface area contributed by atoms with Gasteiger partial charge in [-0.2, -0.15) is 15.5 Å². The van der Waals surface area contributed by atoms with Crippen molar-refractivity contribution < 1.29 is 9.13 Å². The monoisotopic (exact) mass is 478 g/mol. The number of nitriles is 1. The van der Waals surface area contributed by atoms with Gasteiger partial charge in [-0.1, -0.05) is 17.7 Å². The zero-order valence-corrected chi connectivity index (χ0v) is 19.0. The van der Waals surface area contributed by atoms with E-state index in [4.69, 9.17) is 22.1 Å². The van der Waals surface area contributed by atoms with E-state index < -0.39 is 5.82 Å². The van der Waals surface area contributed by atoms with Gasteiger partial charge in [-0.05, 0) is 37.1 Å². The van der Waals surface area contributed by atoms with Crippen LogP contribution in [0.25, 0.3) is 33.2 Å². The maximum Gasteiger partial charge on any atom is 0.272 e. The van der Waals surface area contributed by atoms with Crippen molar-refractivity contribution in [3.05, 3.63) is 62.9 Å². The highest BCUT2D eigenvalue weighted by molar-refractivity contribution is 6.31. The smallest absolute Gasteiger partial charge is 0.272 e. The normalized spacial score (nSPS) is 13.3. The number of benzene rings is 2. The van der Waals surface area contributed by atoms with Gasteiger partial charge in [-0.3, -0.25) is 9.48 Å². The molecule has 0 saturated heterocycles. The average Bonchev–Trinajstić information content (AvgIpc) is 3.57. The number of nitrogens with zero attached hydrogens (tertiary/aromatic N) is 4. The summed E-state index contributed by atoms with van der Waals surface area (Å²) in [7, 11) is 1.66. The minimum atomic E-state index is -0.728. The van der Waals surface area contributed by atoms with E-state index in [-0.39, 0.29) is 33.6 Å². The number of ether oxygens (including phenoxy) is 1. The molecule has 5 rings (SSSR count). The van der Waals surface area contributed by atoms with E-state index in [1.807, 2.05) is 0 Å². The number of aromatic nitrogens is 4. The molecule has 1 aliphatic carbocycles. The lowest BCUT2D eigenvalue weighted by atomic mass is 9.95. The van der Waals surface area contributed by atoms with Gasteiger partial charge in [0.15, 0.2) is 5.82 Å². The summed E-state index contributed by atoms with van der Waals surface area (Å²) in [6.07, 6.45) is 3.81. The number of nitrogens with two attached hydrogens (primary N) is 1. The Kier molecular flexibility index (Phi) is 5.55. The van der Waals surface area contributed by atoms with Crippen LogP contribution in [0.2, 0.25) is 5.02 Å². The third-order valence-corrected chi connectivity index (χ3v) is 6.12. The number of hydrogen-bond acceptors (Lipinski definition) is 6. The highest BCUT2D eigenvalue weighted by atomic mass is 35.5. The molecule has 1 fully saturated rings. The van der Waals surface area contributed by atoms with Crippen LogP contribution in [0.3, 0.4) is 0 Å². The number of hydrogen-bond donors (Lipinski definition) is 2. The van der Waals surface area contributed by atoms with Crippen molar-refractivity contribution in [2.75, 3.05) is 6.54 Å². The van der Waals surface area contributed by atoms with Crippen LogP contribution < -0.4 is 16.0 Å². The van der Waals surface area contributed by atoms with Crippen molar-refractivity contribution in [1.29, 1.82) is 5.26 Å². The Morgan fingerprint density at radius 3 is 2.85 bits per heavy atom. The molecule has 0 spiro atoms. The maximum absolute atomic E-state index is 15.4. The number of aryl methyl sites for hydroxylation is 1. The van der Waals surface area contributed by atoms with Gasteiger partial charge in [0.25, 0.3) is 5.56 Å². The highest BCUT2D eigenvalue weighted by Crippen LogP contribution is 2.43. The van der Waals surface area contributed by atoms with Crippen molar-refractivity contribution in [3.63, 3.8) is 0 Å². The van der Waals surface area contributed by atoms with Crippen LogP contribution in [-0.2, 0) is 13.5 Å². The van der Waals surface area contributed by atoms with Crippen LogP contribution in [0.4, 0.5) is 4.39 Å². The van der Waals surface area contributed by atoms with Gasteiger partial charge in [-0.15, -0.1) is 0 Å². The predicted octanol–water partition coefficient (Wildman–Crippen LogP) is 3.70. The number of rotatable bonds is 6. The number of halogens is 2. The van der Waals surface area contributed by atoms with E-state index in [0.717, 1.165) is 12.8 Å². The standard InChI is InChI=1S/C24H20ClFN6O2/c1-32-23(21-16(10-28)20(34-13-3-4-13)9-18(25)22(21)26)17(11-29-32)12-2-5-14-15(8-12)19(6-7-27)30-31-24(14)33/h2,5,8-9,11,13H,3-4,6-7,27H2,1H3,(H,31,33). The first-order valence-electron chi connectivity index (χ1n) is 10.8. The summed E-state index contributed by atoms with van der Waals surface area (Å²) in [6.45, 7) is 0.361. The molecule has 3 N–H and O–H groups in total. The summed E-state index contributed by atoms with van der Waals surface area (Å²) < 4.78 is 22.8. The molecule has 0 unspecified atom stereocenters. The predicted molar refractivity (Wildman–Crippen MR) is 126 cm³/mol. The van der Waals surface area contributed by atoms with E-state index in [9.17, 15) is 10.1 Å². The van der Waals surface area contributed by atoms with Gasteiger partial charge in [0, 0.05) is 30.5 Å². The van der Waals surface area contributed by atoms with E-state index >= 15 is 4.39 Å². The first-order valence-corrected chi connectivity index (χ1v) is 11.1. The fraction of sp³-hybridized carbons (Fsp3) is 0.250. The van der Waals surface area contributed by atoms with Gasteiger partial charge in [0.1, 0.15) is 17.4 Å². The molecule has 0 atom stereocenters. The second-order valence-corrected chi connectivity index (χ2v) is 8.59. The highest BCUT2D eigenvalue weighted by Gasteiger charge is 2.29. The molecule has 4 aromatic rings. The average molecular weight is 479 g/mol. The number of nitrogens with one attached hydrogen (secondary N) is 1. The lowest BCUT2D eigenvalue weighted by Gasteiger charge is -2.15. The largest absolute Gasteiger partial charge is 0.489 e. The zero-order chi connectivity index (χ0) is 24.0. The summed E-state index contributed by atoms with van der Waals surface area (Å²) in [5.41, 5.74) is 7.74. The summed E-state index contributed by atoms with van der Waals surface area (Å²) in [5, 5.41) is 21.9. The first-order chi connectivity index (χ1) is 16.4. The molecule has 0 aliphatic heterocycles. The minimum Gasteiger partial charge on any atom is -0.489 e. The third kappa shape index (κ3) is 3.71. The molecule has 2 aromatic heterocycles. The molecule has 1 aliphatic rings. The molecule has 0 amide bonds. The maximum atomic E-state index is 15.4. The number of fused-ring (bicyclic) bond motifs is 1. The second kappa shape index (κ2) is 8.56. The number of aromatic amines is 1. The van der Waals surface area contributed by atoms with E-state index in [0.29, 0.717) is 46.3 Å². The molecule has 8 nitrogen and oxygen atoms in total. The molecule has 2 aromatic carbocycles. The van der Waals surface area contributed by atoms with Crippen molar-refractivity contribution in [2.45, 2.75) is 25.4 Å². The molecule has 34 heavy (non-hydrogen) atoms. The zero-order valence-electron chi connectivity index (χ0n) is 18.2. The quantitative estimate of drug-likeness (QED) is 0.435. The van der Waals surface area contributed by atoms with Crippen LogP contribution in [0, 0.1) is 17.1 Å². The fourth-order valence-corrected chi connectivity index (χ4v) is 4.25. The molecular formula is C24H20ClFN6O2. The molecule has 172 valence electrons. The Morgan fingerprint density at radius 1 is 1.35 bits per heavy atom. The summed E-state index contributed by atoms with van der Waals surface area (Å²) in [5.74, 6) is -0.480. The molecular weight excluding hydrogens is 459 g/mol. The molecule has 1 saturated carbocycles. The summed E-state index contributed by atoms with van der Waals surface area (Å²) in [4.78, 5) is 12.3. The minimum absolute atomic E-state index is 0.000434. The number of H-pyrrole nitrogens is 1. The SMILES string of the molecule is Cn1ncc(-c2ccc3c(=O)[nH]nc(CCN)c3c2)c1-c1c(F)c(Cl)cc(OC2CC2)c1C#N. The Bertz CT molecular complexity index is 1530. The van der Waals surface area contributed by atoms with E-state index in [2.05, 4.69) is 21.4 Å². The van der Waals surface area contributed by atoms with E-state index in [1.54, 1.807) is 31.4 Å². The lowest BCUT2D eigenvalue weighted by Crippen LogP contribution is -2.13. The molecule has 0 bridgehead atoms. The van der Waals surface area contributed by atoms with Crippen LogP contribution in [0.1, 0.15) is 24.1 Å². The van der Waals surface area contributed by atoms with Gasteiger partial charge < -0.3 is 10.5 Å². The second-order valence-electron chi connectivity index (χ2n) is 8.18. The van der Waals surface area contributed by atoms with Gasteiger partial charge in [0.2, 0.25) is 0 Å². The summed E-state index contributed by atoms with van der Waals surface area (Å²) in [6, 6.07) is 8.67. The Labute approximate surface area is 198 Å². The van der Waals surface area contributed by atoms with Crippen LogP contribution >= 0.6 is 11.6 Å². The molecule has 10 heteroatoms. The van der Waals surface area contributed by atoms with Gasteiger partial charge >= 0.3 is 0 Å². The Morgan fingerprint density at radius 2 is 2.15 bits per heavy atom. The van der Waals surface area contributed by atoms with Crippen LogP contribution in [0.15, 0.2) is 35.3 Å². The summed E-state index contributed by atoms with van der Waals surface area (Å²) >= 11 is 6.22. The van der Waals surface area contributed by atoms with Crippen LogP contribution in [-0.4, -0.2) is 32.6 Å². The topological polar surface area (TPSA) is 123 Å². The third-order valence-electron chi connectivity index (χ3n) is 5.85. The van der Waals surface area contributed by atoms with Crippen LogP contribution in [0.5, 0.6) is 5.75 Å². The molecule has 2 heterocycles. The van der Waals surface area contributed by atoms with E-state index in [1.165, 1.54) is 10.7 Å².